The maximum atomic E-state index is 10.8. The van der Waals surface area contributed by atoms with E-state index < -0.39 is 13.1 Å². The van der Waals surface area contributed by atoms with Gasteiger partial charge in [0.15, 0.2) is 0 Å². The molecule has 0 radical (unpaired) electrons. The number of rotatable bonds is 3. The fourth-order valence-corrected chi connectivity index (χ4v) is 1.14. The number of carboxylic acids is 1. The zero-order valence-corrected chi connectivity index (χ0v) is 7.14. The molecule has 0 saturated heterocycles. The van der Waals surface area contributed by atoms with Crippen molar-refractivity contribution in [3.63, 3.8) is 0 Å². The van der Waals surface area contributed by atoms with Gasteiger partial charge in [-0.05, 0) is 11.5 Å². The molecule has 0 unspecified atom stereocenters. The van der Waals surface area contributed by atoms with E-state index >= 15 is 0 Å². The van der Waals surface area contributed by atoms with E-state index in [9.17, 15) is 4.79 Å². The van der Waals surface area contributed by atoms with Gasteiger partial charge in [0.25, 0.3) is 0 Å². The summed E-state index contributed by atoms with van der Waals surface area (Å²) in [5.41, 5.74) is 1.95. The third kappa shape index (κ3) is 1.85. The molecule has 0 saturated carbocycles. The molecule has 0 aromatic heterocycles. The number of hydrogen-bond donors (Lipinski definition) is 5. The summed E-state index contributed by atoms with van der Waals surface area (Å²) in [6.07, 6.45) is 0. The molecule has 0 aliphatic carbocycles. The molecule has 0 bridgehead atoms. The number of benzene rings is 1. The van der Waals surface area contributed by atoms with E-state index in [1.165, 1.54) is 18.2 Å². The molecule has 6 N–H and O–H groups in total. The number of carboxylic acid groups (broad SMARTS) is 1. The van der Waals surface area contributed by atoms with Crippen molar-refractivity contribution >= 4 is 24.2 Å². The van der Waals surface area contributed by atoms with Crippen molar-refractivity contribution in [2.45, 2.75) is 0 Å². The summed E-state index contributed by atoms with van der Waals surface area (Å²) >= 11 is 0. The first-order chi connectivity index (χ1) is 6.57. The highest BCUT2D eigenvalue weighted by atomic mass is 16.4. The van der Waals surface area contributed by atoms with E-state index in [1.54, 1.807) is 0 Å². The Balaban J connectivity index is 3.35. The van der Waals surface area contributed by atoms with Crippen molar-refractivity contribution in [1.82, 2.24) is 0 Å². The van der Waals surface area contributed by atoms with Gasteiger partial charge in [0, 0.05) is 0 Å². The van der Waals surface area contributed by atoms with E-state index in [-0.39, 0.29) is 16.7 Å². The van der Waals surface area contributed by atoms with Crippen LogP contribution in [0.15, 0.2) is 18.2 Å². The molecular weight excluding hydrogens is 187 g/mol. The molecule has 0 heterocycles. The number of aromatic carboxylic acids is 1. The largest absolute Gasteiger partial charge is 0.489 e. The highest BCUT2D eigenvalue weighted by Crippen LogP contribution is 2.11. The SMILES string of the molecule is NNc1cccc(B(O)O)c1C(=O)O. The van der Waals surface area contributed by atoms with Gasteiger partial charge in [0.2, 0.25) is 0 Å². The quantitative estimate of drug-likeness (QED) is 0.224. The highest BCUT2D eigenvalue weighted by molar-refractivity contribution is 6.60. The van der Waals surface area contributed by atoms with E-state index in [0.717, 1.165) is 0 Å². The highest BCUT2D eigenvalue weighted by Gasteiger charge is 2.22. The molecule has 6 nitrogen and oxygen atoms in total. The third-order valence-corrected chi connectivity index (χ3v) is 1.74. The Kier molecular flexibility index (Phi) is 3.08. The zero-order chi connectivity index (χ0) is 10.7. The second-order valence-electron chi connectivity index (χ2n) is 2.59. The molecular formula is C7H9BN2O4. The minimum Gasteiger partial charge on any atom is -0.478 e. The summed E-state index contributed by atoms with van der Waals surface area (Å²) in [5, 5.41) is 26.6. The van der Waals surface area contributed by atoms with Crippen molar-refractivity contribution in [2.24, 2.45) is 5.84 Å². The average molecular weight is 196 g/mol. The topological polar surface area (TPSA) is 116 Å². The zero-order valence-electron chi connectivity index (χ0n) is 7.14. The van der Waals surface area contributed by atoms with Crippen LogP contribution in [-0.2, 0) is 0 Å². The first-order valence-electron chi connectivity index (χ1n) is 3.77. The number of nitrogens with one attached hydrogen (secondary N) is 1. The smallest absolute Gasteiger partial charge is 0.478 e. The van der Waals surface area contributed by atoms with Crippen LogP contribution in [0.2, 0.25) is 0 Å². The number of carbonyl (C=O) groups is 1. The standard InChI is InChI=1S/C7H9BN2O4/c9-10-5-3-1-2-4(8(13)14)6(5)7(11)12/h1-3,10,13-14H,9H2,(H,11,12). The Morgan fingerprint density at radius 1 is 1.43 bits per heavy atom. The van der Waals surface area contributed by atoms with Gasteiger partial charge in [-0.1, -0.05) is 12.1 Å². The Labute approximate surface area is 80.1 Å². The minimum atomic E-state index is -1.84. The van der Waals surface area contributed by atoms with Crippen LogP contribution in [0.3, 0.4) is 0 Å². The van der Waals surface area contributed by atoms with E-state index in [0.29, 0.717) is 0 Å². The Bertz CT molecular complexity index is 356. The molecule has 1 aromatic rings. The fraction of sp³-hybridized carbons (Fsp3) is 0. The Morgan fingerprint density at radius 3 is 2.50 bits per heavy atom. The monoisotopic (exact) mass is 196 g/mol. The molecule has 0 fully saturated rings. The maximum Gasteiger partial charge on any atom is 0.489 e. The second-order valence-corrected chi connectivity index (χ2v) is 2.59. The minimum absolute atomic E-state index is 0.104. The molecule has 1 aromatic carbocycles. The lowest BCUT2D eigenvalue weighted by atomic mass is 9.76. The van der Waals surface area contributed by atoms with Gasteiger partial charge in [-0.15, -0.1) is 0 Å². The summed E-state index contributed by atoms with van der Waals surface area (Å²) in [6, 6.07) is 4.20. The lowest BCUT2D eigenvalue weighted by molar-refractivity contribution is 0.0699. The molecule has 14 heavy (non-hydrogen) atoms. The normalized spacial score (nSPS) is 9.64. The number of nitrogen functional groups attached to an aromatic ring is 1. The third-order valence-electron chi connectivity index (χ3n) is 1.74. The molecule has 0 amide bonds. The molecule has 74 valence electrons. The molecule has 0 atom stereocenters. The number of anilines is 1. The number of hydrogen-bond acceptors (Lipinski definition) is 5. The Morgan fingerprint density at radius 2 is 2.07 bits per heavy atom. The van der Waals surface area contributed by atoms with Gasteiger partial charge in [-0.25, -0.2) is 4.79 Å². The van der Waals surface area contributed by atoms with Gasteiger partial charge >= 0.3 is 13.1 Å². The summed E-state index contributed by atoms with van der Waals surface area (Å²) < 4.78 is 0. The van der Waals surface area contributed by atoms with Crippen LogP contribution in [0.1, 0.15) is 10.4 Å². The summed E-state index contributed by atoms with van der Waals surface area (Å²) in [7, 11) is -1.84. The van der Waals surface area contributed by atoms with Crippen molar-refractivity contribution in [3.8, 4) is 0 Å². The van der Waals surface area contributed by atoms with Gasteiger partial charge in [0.05, 0.1) is 11.3 Å². The van der Waals surface area contributed by atoms with E-state index in [4.69, 9.17) is 21.0 Å². The van der Waals surface area contributed by atoms with Gasteiger partial charge < -0.3 is 20.6 Å². The van der Waals surface area contributed by atoms with E-state index in [1.807, 2.05) is 0 Å². The van der Waals surface area contributed by atoms with Crippen molar-refractivity contribution in [2.75, 3.05) is 5.43 Å². The summed E-state index contributed by atoms with van der Waals surface area (Å²) in [5.74, 6) is 3.80. The van der Waals surface area contributed by atoms with Crippen molar-refractivity contribution < 1.29 is 19.9 Å². The first kappa shape index (κ1) is 10.5. The van der Waals surface area contributed by atoms with Gasteiger partial charge in [-0.3, -0.25) is 5.84 Å². The molecule has 0 aliphatic heterocycles. The average Bonchev–Trinajstić information content (AvgIpc) is 2.16. The first-order valence-corrected chi connectivity index (χ1v) is 3.77. The summed E-state index contributed by atoms with van der Waals surface area (Å²) in [6.45, 7) is 0. The van der Waals surface area contributed by atoms with E-state index in [2.05, 4.69) is 5.43 Å². The van der Waals surface area contributed by atoms with Crippen LogP contribution < -0.4 is 16.7 Å². The molecule has 1 rings (SSSR count). The molecule has 7 heteroatoms. The molecule has 0 aliphatic rings. The van der Waals surface area contributed by atoms with Crippen LogP contribution in [0.5, 0.6) is 0 Å². The predicted molar refractivity (Wildman–Crippen MR) is 51.0 cm³/mol. The lowest BCUT2D eigenvalue weighted by Gasteiger charge is -2.09. The van der Waals surface area contributed by atoms with Crippen LogP contribution in [0.4, 0.5) is 5.69 Å². The predicted octanol–water partition coefficient (Wildman–Crippen LogP) is -1.65. The van der Waals surface area contributed by atoms with Gasteiger partial charge in [-0.2, -0.15) is 0 Å². The lowest BCUT2D eigenvalue weighted by Crippen LogP contribution is -2.35. The number of nitrogens with two attached hydrogens (primary N) is 1. The summed E-state index contributed by atoms with van der Waals surface area (Å²) in [4.78, 5) is 10.8. The number of hydrazine groups is 1. The maximum absolute atomic E-state index is 10.8. The van der Waals surface area contributed by atoms with Crippen LogP contribution in [0.25, 0.3) is 0 Å². The fourth-order valence-electron chi connectivity index (χ4n) is 1.14. The Hall–Kier alpha value is -1.57. The second kappa shape index (κ2) is 4.10. The van der Waals surface area contributed by atoms with Gasteiger partial charge in [0.1, 0.15) is 0 Å². The van der Waals surface area contributed by atoms with Crippen LogP contribution >= 0.6 is 0 Å². The van der Waals surface area contributed by atoms with Crippen molar-refractivity contribution in [1.29, 1.82) is 0 Å². The molecule has 0 spiro atoms. The van der Waals surface area contributed by atoms with Crippen molar-refractivity contribution in [3.05, 3.63) is 23.8 Å². The van der Waals surface area contributed by atoms with Crippen LogP contribution in [0, 0.1) is 0 Å². The van der Waals surface area contributed by atoms with Crippen LogP contribution in [-0.4, -0.2) is 28.2 Å².